The topological polar surface area (TPSA) is 9.23 Å². The van der Waals surface area contributed by atoms with Crippen LogP contribution in [0.4, 0.5) is 0 Å². The summed E-state index contributed by atoms with van der Waals surface area (Å²) in [4.78, 5) is 0. The van der Waals surface area contributed by atoms with Crippen molar-refractivity contribution in [2.45, 2.75) is 0 Å². The minimum absolute atomic E-state index is 0.736. The molecule has 0 atom stereocenters. The molecule has 1 heteroatoms. The molecule has 25 heavy (non-hydrogen) atoms. The van der Waals surface area contributed by atoms with E-state index in [4.69, 9.17) is 4.74 Å². The largest absolute Gasteiger partial charge is 0.456 e. The Labute approximate surface area is 146 Å². The van der Waals surface area contributed by atoms with Gasteiger partial charge in [-0.25, -0.2) is 0 Å². The summed E-state index contributed by atoms with van der Waals surface area (Å²) in [5, 5.41) is 6.97. The number of ether oxygens (including phenoxy) is 1. The molecular weight excluding hydrogens is 304 g/mol. The van der Waals surface area contributed by atoms with Gasteiger partial charge in [-0.3, -0.25) is 0 Å². The van der Waals surface area contributed by atoms with Crippen LogP contribution in [-0.4, -0.2) is 0 Å². The van der Waals surface area contributed by atoms with Crippen LogP contribution in [-0.2, 0) is 0 Å². The van der Waals surface area contributed by atoms with Gasteiger partial charge in [-0.15, -0.1) is 0 Å². The molecule has 0 fully saturated rings. The zero-order valence-corrected chi connectivity index (χ0v) is 13.6. The van der Waals surface area contributed by atoms with E-state index in [9.17, 15) is 0 Å². The fourth-order valence-corrected chi connectivity index (χ4v) is 3.30. The second kappa shape index (κ2) is 5.64. The molecule has 0 amide bonds. The van der Waals surface area contributed by atoms with Crippen molar-refractivity contribution in [3.63, 3.8) is 0 Å². The summed E-state index contributed by atoms with van der Waals surface area (Å²) in [5.41, 5.74) is 0. The predicted molar refractivity (Wildman–Crippen MR) is 104 cm³/mol. The summed E-state index contributed by atoms with van der Waals surface area (Å²) in [6.45, 7) is 0. The second-order valence-electron chi connectivity index (χ2n) is 6.19. The lowest BCUT2D eigenvalue weighted by Crippen LogP contribution is -1.87. The first-order valence-electron chi connectivity index (χ1n) is 8.37. The van der Waals surface area contributed by atoms with E-state index in [1.54, 1.807) is 0 Å². The van der Waals surface area contributed by atoms with Crippen LogP contribution < -0.4 is 4.74 Å². The van der Waals surface area contributed by atoms with Crippen molar-refractivity contribution in [1.29, 1.82) is 0 Å². The first-order chi connectivity index (χ1) is 12.4. The zero-order valence-electron chi connectivity index (χ0n) is 13.6. The van der Waals surface area contributed by atoms with Crippen LogP contribution in [0, 0.1) is 6.07 Å². The molecule has 5 aromatic rings. The molecule has 0 spiro atoms. The maximum atomic E-state index is 6.19. The van der Waals surface area contributed by atoms with Gasteiger partial charge in [0.2, 0.25) is 0 Å². The Morgan fingerprint density at radius 3 is 2.16 bits per heavy atom. The Bertz CT molecular complexity index is 1220. The summed E-state index contributed by atoms with van der Waals surface area (Å²) in [6, 6.07) is 34.6. The molecule has 1 nitrogen and oxygen atoms in total. The van der Waals surface area contributed by atoms with Crippen LogP contribution in [0.2, 0.25) is 0 Å². The Balaban J connectivity index is 1.64. The Hall–Kier alpha value is -3.32. The van der Waals surface area contributed by atoms with Crippen LogP contribution in [0.1, 0.15) is 0 Å². The molecule has 0 heterocycles. The van der Waals surface area contributed by atoms with Crippen LogP contribution in [0.15, 0.2) is 91.0 Å². The third-order valence-electron chi connectivity index (χ3n) is 4.56. The van der Waals surface area contributed by atoms with Gasteiger partial charge in [0.1, 0.15) is 11.5 Å². The lowest BCUT2D eigenvalue weighted by molar-refractivity contribution is 0.488. The predicted octanol–water partition coefficient (Wildman–Crippen LogP) is 6.74. The van der Waals surface area contributed by atoms with E-state index in [0.29, 0.717) is 0 Å². The van der Waals surface area contributed by atoms with Gasteiger partial charge >= 0.3 is 0 Å². The van der Waals surface area contributed by atoms with Gasteiger partial charge in [0.25, 0.3) is 0 Å². The lowest BCUT2D eigenvalue weighted by Gasteiger charge is -2.10. The highest BCUT2D eigenvalue weighted by Gasteiger charge is 2.06. The van der Waals surface area contributed by atoms with Crippen molar-refractivity contribution in [1.82, 2.24) is 0 Å². The summed E-state index contributed by atoms with van der Waals surface area (Å²) in [5.74, 6) is 1.59. The second-order valence-corrected chi connectivity index (χ2v) is 6.19. The molecule has 0 N–H and O–H groups in total. The number of hydrogen-bond donors (Lipinski definition) is 0. The molecule has 5 aromatic carbocycles. The van der Waals surface area contributed by atoms with E-state index in [2.05, 4.69) is 66.7 Å². The quantitative estimate of drug-likeness (QED) is 0.327. The minimum atomic E-state index is 0.736. The highest BCUT2D eigenvalue weighted by atomic mass is 16.5. The van der Waals surface area contributed by atoms with Gasteiger partial charge < -0.3 is 4.74 Å². The third-order valence-corrected chi connectivity index (χ3v) is 4.56. The monoisotopic (exact) mass is 319 g/mol. The highest BCUT2D eigenvalue weighted by Crippen LogP contribution is 2.33. The van der Waals surface area contributed by atoms with Crippen molar-refractivity contribution in [3.8, 4) is 11.5 Å². The van der Waals surface area contributed by atoms with E-state index in [-0.39, 0.29) is 0 Å². The molecule has 0 unspecified atom stereocenters. The molecule has 0 aliphatic rings. The van der Waals surface area contributed by atoms with Crippen molar-refractivity contribution in [3.05, 3.63) is 97.1 Å². The summed E-state index contributed by atoms with van der Waals surface area (Å²) in [7, 11) is 0. The van der Waals surface area contributed by atoms with Gasteiger partial charge in [-0.1, -0.05) is 66.7 Å². The van der Waals surface area contributed by atoms with Gasteiger partial charge in [0, 0.05) is 11.5 Å². The van der Waals surface area contributed by atoms with E-state index in [0.717, 1.165) is 22.3 Å². The van der Waals surface area contributed by atoms with Gasteiger partial charge in [0.05, 0.1) is 0 Å². The van der Waals surface area contributed by atoms with Gasteiger partial charge in [-0.05, 0) is 51.2 Å². The fourth-order valence-electron chi connectivity index (χ4n) is 3.30. The molecule has 0 bridgehead atoms. The summed E-state index contributed by atoms with van der Waals surface area (Å²) < 4.78 is 6.19. The van der Waals surface area contributed by atoms with E-state index in [1.807, 2.05) is 30.3 Å². The zero-order chi connectivity index (χ0) is 16.6. The third kappa shape index (κ3) is 2.50. The standard InChI is InChI=1S/C24H15O/c1-2-8-19-15-22(13-12-17(19)6-1)25-24-11-5-10-21-14-18-7-3-4-9-20(18)16-23(21)24/h1-14,16H. The van der Waals surface area contributed by atoms with Crippen LogP contribution in [0.25, 0.3) is 32.3 Å². The number of rotatable bonds is 2. The van der Waals surface area contributed by atoms with Crippen molar-refractivity contribution in [2.75, 3.05) is 0 Å². The Kier molecular flexibility index (Phi) is 3.17. The summed E-state index contributed by atoms with van der Waals surface area (Å²) >= 11 is 0. The van der Waals surface area contributed by atoms with Gasteiger partial charge in [0.15, 0.2) is 0 Å². The number of hydrogen-bond acceptors (Lipinski definition) is 1. The number of fused-ring (bicyclic) bond motifs is 3. The molecule has 0 aliphatic heterocycles. The van der Waals surface area contributed by atoms with E-state index in [1.165, 1.54) is 21.5 Å². The Morgan fingerprint density at radius 2 is 1.28 bits per heavy atom. The molecule has 0 saturated carbocycles. The summed E-state index contributed by atoms with van der Waals surface area (Å²) in [6.07, 6.45) is 0. The normalized spacial score (nSPS) is 11.2. The molecule has 1 radical (unpaired) electrons. The maximum absolute atomic E-state index is 6.19. The van der Waals surface area contributed by atoms with Crippen molar-refractivity contribution >= 4 is 32.3 Å². The SMILES string of the molecule is [c]1c(Oc2cccc3cc4ccccc4cc23)ccc2ccccc12. The maximum Gasteiger partial charge on any atom is 0.136 e. The average molecular weight is 319 g/mol. The van der Waals surface area contributed by atoms with Crippen LogP contribution in [0.5, 0.6) is 11.5 Å². The van der Waals surface area contributed by atoms with Crippen molar-refractivity contribution in [2.24, 2.45) is 0 Å². The minimum Gasteiger partial charge on any atom is -0.456 e. The lowest BCUT2D eigenvalue weighted by atomic mass is 10.0. The first-order valence-corrected chi connectivity index (χ1v) is 8.37. The molecule has 117 valence electrons. The molecule has 5 rings (SSSR count). The number of benzene rings is 5. The van der Waals surface area contributed by atoms with Crippen LogP contribution >= 0.6 is 0 Å². The molecule has 0 aromatic heterocycles. The van der Waals surface area contributed by atoms with Gasteiger partial charge in [-0.2, -0.15) is 0 Å². The molecule has 0 saturated heterocycles. The van der Waals surface area contributed by atoms with E-state index >= 15 is 0 Å². The van der Waals surface area contributed by atoms with Crippen molar-refractivity contribution < 1.29 is 4.74 Å². The fraction of sp³-hybridized carbons (Fsp3) is 0. The highest BCUT2D eigenvalue weighted by molar-refractivity contribution is 6.01. The smallest absolute Gasteiger partial charge is 0.136 e. The van der Waals surface area contributed by atoms with Crippen LogP contribution in [0.3, 0.4) is 0 Å². The molecule has 0 aliphatic carbocycles. The van der Waals surface area contributed by atoms with E-state index < -0.39 is 0 Å². The average Bonchev–Trinajstić information content (AvgIpc) is 2.67. The molecular formula is C24H15O. The Morgan fingerprint density at radius 1 is 0.560 bits per heavy atom. The first kappa shape index (κ1) is 14.1.